The topological polar surface area (TPSA) is 65.7 Å². The molecule has 15 heavy (non-hydrogen) atoms. The van der Waals surface area contributed by atoms with Gasteiger partial charge in [0.05, 0.1) is 11.0 Å². The van der Waals surface area contributed by atoms with Gasteiger partial charge in [-0.3, -0.25) is 9.59 Å². The van der Waals surface area contributed by atoms with Gasteiger partial charge >= 0.3 is 11.1 Å². The van der Waals surface area contributed by atoms with Crippen LogP contribution in [0, 0.1) is 0 Å². The average molecular weight is 269 g/mol. The summed E-state index contributed by atoms with van der Waals surface area (Å²) in [7, 11) is 0. The molecule has 0 saturated carbocycles. The van der Waals surface area contributed by atoms with E-state index in [9.17, 15) is 9.59 Å². The monoisotopic (exact) mass is 268 g/mol. The molecule has 0 aliphatic carbocycles. The first-order chi connectivity index (χ1) is 7.08. The van der Waals surface area contributed by atoms with Crippen LogP contribution < -0.4 is 11.1 Å². The summed E-state index contributed by atoms with van der Waals surface area (Å²) in [6.45, 7) is 1.99. The van der Waals surface area contributed by atoms with Gasteiger partial charge < -0.3 is 9.97 Å². The molecule has 1 aromatic carbocycles. The Bertz CT molecular complexity index is 613. The molecule has 1 heterocycles. The second kappa shape index (κ2) is 3.66. The standard InChI is InChI=1S/C10H9BrN2O2/c1-5(11)6-2-3-7-8(4-6)13-10(15)9(14)12-7/h2-5H,1H3,(H,12,14)(H,13,15). The van der Waals surface area contributed by atoms with E-state index in [4.69, 9.17) is 0 Å². The van der Waals surface area contributed by atoms with Crippen LogP contribution >= 0.6 is 15.9 Å². The Labute approximate surface area is 93.5 Å². The smallest absolute Gasteiger partial charge is 0.314 e. The molecule has 0 radical (unpaired) electrons. The van der Waals surface area contributed by atoms with E-state index in [2.05, 4.69) is 25.9 Å². The zero-order chi connectivity index (χ0) is 11.0. The minimum absolute atomic E-state index is 0.206. The van der Waals surface area contributed by atoms with Crippen molar-refractivity contribution in [1.82, 2.24) is 9.97 Å². The average Bonchev–Trinajstić information content (AvgIpc) is 2.19. The normalized spacial score (nSPS) is 12.9. The van der Waals surface area contributed by atoms with E-state index in [1.807, 2.05) is 19.1 Å². The van der Waals surface area contributed by atoms with Gasteiger partial charge in [-0.05, 0) is 24.6 Å². The van der Waals surface area contributed by atoms with Crippen LogP contribution in [0.25, 0.3) is 11.0 Å². The van der Waals surface area contributed by atoms with Crippen molar-refractivity contribution in [3.8, 4) is 0 Å². The van der Waals surface area contributed by atoms with Gasteiger partial charge in [0.1, 0.15) is 0 Å². The maximum atomic E-state index is 11.1. The van der Waals surface area contributed by atoms with Gasteiger partial charge in [0, 0.05) is 4.83 Å². The first kappa shape index (κ1) is 10.2. The van der Waals surface area contributed by atoms with Crippen molar-refractivity contribution in [1.29, 1.82) is 0 Å². The summed E-state index contributed by atoms with van der Waals surface area (Å²) >= 11 is 3.44. The van der Waals surface area contributed by atoms with Crippen molar-refractivity contribution in [3.63, 3.8) is 0 Å². The number of nitrogens with one attached hydrogen (secondary N) is 2. The van der Waals surface area contributed by atoms with E-state index in [0.29, 0.717) is 11.0 Å². The minimum atomic E-state index is -0.623. The molecule has 4 nitrogen and oxygen atoms in total. The molecule has 1 aromatic heterocycles. The van der Waals surface area contributed by atoms with Crippen molar-refractivity contribution < 1.29 is 0 Å². The van der Waals surface area contributed by atoms with E-state index < -0.39 is 11.1 Å². The molecule has 0 amide bonds. The van der Waals surface area contributed by atoms with Gasteiger partial charge in [-0.15, -0.1) is 0 Å². The Morgan fingerprint density at radius 1 is 1.13 bits per heavy atom. The minimum Gasteiger partial charge on any atom is -0.316 e. The van der Waals surface area contributed by atoms with Crippen molar-refractivity contribution in [2.75, 3.05) is 0 Å². The maximum absolute atomic E-state index is 11.1. The van der Waals surface area contributed by atoms with Gasteiger partial charge in [0.2, 0.25) is 0 Å². The zero-order valence-electron chi connectivity index (χ0n) is 8.00. The summed E-state index contributed by atoms with van der Waals surface area (Å²) in [5, 5.41) is 0. The largest absolute Gasteiger partial charge is 0.316 e. The summed E-state index contributed by atoms with van der Waals surface area (Å²) in [5.41, 5.74) is 1.08. The first-order valence-electron chi connectivity index (χ1n) is 4.48. The van der Waals surface area contributed by atoms with Gasteiger partial charge in [-0.25, -0.2) is 0 Å². The zero-order valence-corrected chi connectivity index (χ0v) is 9.59. The van der Waals surface area contributed by atoms with Crippen molar-refractivity contribution in [3.05, 3.63) is 44.5 Å². The Kier molecular flexibility index (Phi) is 2.48. The van der Waals surface area contributed by atoms with Crippen molar-refractivity contribution >= 4 is 27.0 Å². The lowest BCUT2D eigenvalue weighted by Crippen LogP contribution is -2.28. The van der Waals surface area contributed by atoms with Gasteiger partial charge in [-0.1, -0.05) is 22.0 Å². The summed E-state index contributed by atoms with van der Waals surface area (Å²) < 4.78 is 0. The third-order valence-electron chi connectivity index (χ3n) is 2.21. The highest BCUT2D eigenvalue weighted by atomic mass is 79.9. The molecular formula is C10H9BrN2O2. The third-order valence-corrected chi connectivity index (χ3v) is 2.73. The molecule has 5 heteroatoms. The SMILES string of the molecule is CC(Br)c1ccc2[nH]c(=O)c(=O)[nH]c2c1. The fraction of sp³-hybridized carbons (Fsp3) is 0.200. The second-order valence-electron chi connectivity index (χ2n) is 3.33. The molecule has 0 spiro atoms. The number of H-pyrrole nitrogens is 2. The Morgan fingerprint density at radius 2 is 1.73 bits per heavy atom. The predicted molar refractivity (Wildman–Crippen MR) is 62.5 cm³/mol. The summed E-state index contributed by atoms with van der Waals surface area (Å²) in [6.07, 6.45) is 0. The van der Waals surface area contributed by atoms with Gasteiger partial charge in [0.15, 0.2) is 0 Å². The molecule has 0 aliphatic heterocycles. The van der Waals surface area contributed by atoms with E-state index in [0.717, 1.165) is 5.56 Å². The maximum Gasteiger partial charge on any atom is 0.314 e. The van der Waals surface area contributed by atoms with Crippen LogP contribution in [0.3, 0.4) is 0 Å². The first-order valence-corrected chi connectivity index (χ1v) is 5.40. The number of rotatable bonds is 1. The number of aromatic amines is 2. The van der Waals surface area contributed by atoms with Gasteiger partial charge in [-0.2, -0.15) is 0 Å². The molecule has 78 valence electrons. The lowest BCUT2D eigenvalue weighted by atomic mass is 10.1. The summed E-state index contributed by atoms with van der Waals surface area (Å²) in [4.78, 5) is 27.4. The second-order valence-corrected chi connectivity index (χ2v) is 4.70. The van der Waals surface area contributed by atoms with E-state index in [1.54, 1.807) is 6.07 Å². The molecule has 2 N–H and O–H groups in total. The fourth-order valence-corrected chi connectivity index (χ4v) is 1.66. The van der Waals surface area contributed by atoms with Gasteiger partial charge in [0.25, 0.3) is 0 Å². The lowest BCUT2D eigenvalue weighted by molar-refractivity contribution is 1.11. The van der Waals surface area contributed by atoms with E-state index in [1.165, 1.54) is 0 Å². The van der Waals surface area contributed by atoms with Crippen LogP contribution in [0.4, 0.5) is 0 Å². The van der Waals surface area contributed by atoms with Crippen LogP contribution in [0.1, 0.15) is 17.3 Å². The van der Waals surface area contributed by atoms with Crippen molar-refractivity contribution in [2.24, 2.45) is 0 Å². The highest BCUT2D eigenvalue weighted by Crippen LogP contribution is 2.23. The third kappa shape index (κ3) is 1.87. The quantitative estimate of drug-likeness (QED) is 0.611. The molecule has 0 aliphatic rings. The van der Waals surface area contributed by atoms with E-state index >= 15 is 0 Å². The van der Waals surface area contributed by atoms with Crippen molar-refractivity contribution in [2.45, 2.75) is 11.8 Å². The highest BCUT2D eigenvalue weighted by molar-refractivity contribution is 9.09. The van der Waals surface area contributed by atoms with Crippen LogP contribution in [0.5, 0.6) is 0 Å². The number of benzene rings is 1. The molecule has 2 aromatic rings. The molecule has 1 unspecified atom stereocenters. The van der Waals surface area contributed by atoms with Crippen LogP contribution in [0.2, 0.25) is 0 Å². The number of hydrogen-bond donors (Lipinski definition) is 2. The number of alkyl halides is 1. The highest BCUT2D eigenvalue weighted by Gasteiger charge is 2.03. The van der Waals surface area contributed by atoms with E-state index in [-0.39, 0.29) is 4.83 Å². The Hall–Kier alpha value is -1.36. The lowest BCUT2D eigenvalue weighted by Gasteiger charge is -2.04. The summed E-state index contributed by atoms with van der Waals surface area (Å²) in [5.74, 6) is 0. The Morgan fingerprint density at radius 3 is 2.33 bits per heavy atom. The fourth-order valence-electron chi connectivity index (χ4n) is 1.38. The number of fused-ring (bicyclic) bond motifs is 1. The molecule has 2 rings (SSSR count). The van der Waals surface area contributed by atoms with Crippen LogP contribution in [-0.4, -0.2) is 9.97 Å². The number of halogens is 1. The molecule has 0 saturated heterocycles. The molecule has 0 bridgehead atoms. The number of hydrogen-bond acceptors (Lipinski definition) is 2. The molecular weight excluding hydrogens is 260 g/mol. The molecule has 0 fully saturated rings. The summed E-state index contributed by atoms with van der Waals surface area (Å²) in [6, 6.07) is 5.52. The number of aromatic nitrogens is 2. The molecule has 1 atom stereocenters. The van der Waals surface area contributed by atoms with Crippen LogP contribution in [0.15, 0.2) is 27.8 Å². The Balaban J connectivity index is 2.77. The predicted octanol–water partition coefficient (Wildman–Crippen LogP) is 1.67. The van der Waals surface area contributed by atoms with Crippen LogP contribution in [-0.2, 0) is 0 Å².